The third kappa shape index (κ3) is 2.08. The number of esters is 1. The van der Waals surface area contributed by atoms with Gasteiger partial charge in [0.2, 0.25) is 0 Å². The molecule has 3 nitrogen and oxygen atoms in total. The molecule has 1 fully saturated rings. The zero-order valence-electron chi connectivity index (χ0n) is 9.55. The van der Waals surface area contributed by atoms with Crippen molar-refractivity contribution in [1.29, 1.82) is 0 Å². The van der Waals surface area contributed by atoms with Gasteiger partial charge in [-0.1, -0.05) is 6.92 Å². The molecule has 1 aliphatic rings. The summed E-state index contributed by atoms with van der Waals surface area (Å²) < 4.78 is 5.15. The Kier molecular flexibility index (Phi) is 3.19. The van der Waals surface area contributed by atoms with Crippen LogP contribution in [0, 0.1) is 5.92 Å². The van der Waals surface area contributed by atoms with Crippen LogP contribution >= 0.6 is 0 Å². The van der Waals surface area contributed by atoms with Crippen LogP contribution in [0.5, 0.6) is 0 Å². The SMILES string of the molecule is C/C(NC(C)C)=C1\C(=O)OC(C)C1C. The predicted octanol–water partition coefficient (Wildman–Crippen LogP) is 1.84. The summed E-state index contributed by atoms with van der Waals surface area (Å²) in [5, 5.41) is 3.24. The Morgan fingerprint density at radius 2 is 2.00 bits per heavy atom. The molecule has 1 rings (SSSR count). The quantitative estimate of drug-likeness (QED) is 0.542. The van der Waals surface area contributed by atoms with Gasteiger partial charge in [0.15, 0.2) is 0 Å². The number of nitrogens with one attached hydrogen (secondary N) is 1. The van der Waals surface area contributed by atoms with E-state index < -0.39 is 0 Å². The summed E-state index contributed by atoms with van der Waals surface area (Å²) >= 11 is 0. The highest BCUT2D eigenvalue weighted by Crippen LogP contribution is 2.28. The molecule has 1 saturated heterocycles. The first-order chi connectivity index (χ1) is 6.43. The van der Waals surface area contributed by atoms with Crippen LogP contribution in [0.15, 0.2) is 11.3 Å². The minimum atomic E-state index is -0.171. The highest BCUT2D eigenvalue weighted by atomic mass is 16.5. The molecule has 2 atom stereocenters. The maximum atomic E-state index is 11.5. The van der Waals surface area contributed by atoms with E-state index in [4.69, 9.17) is 4.74 Å². The Bertz CT molecular complexity index is 268. The summed E-state index contributed by atoms with van der Waals surface area (Å²) in [6.07, 6.45) is 0.00131. The van der Waals surface area contributed by atoms with E-state index in [9.17, 15) is 4.79 Å². The highest BCUT2D eigenvalue weighted by molar-refractivity contribution is 5.92. The van der Waals surface area contributed by atoms with E-state index in [1.54, 1.807) is 0 Å². The van der Waals surface area contributed by atoms with E-state index in [-0.39, 0.29) is 18.0 Å². The van der Waals surface area contributed by atoms with Crippen LogP contribution in [0.3, 0.4) is 0 Å². The smallest absolute Gasteiger partial charge is 0.336 e. The number of carbonyl (C=O) groups excluding carboxylic acids is 1. The molecule has 1 heterocycles. The minimum absolute atomic E-state index is 0.00131. The molecule has 2 unspecified atom stereocenters. The van der Waals surface area contributed by atoms with E-state index in [1.165, 1.54) is 0 Å². The lowest BCUT2D eigenvalue weighted by atomic mass is 9.97. The molecule has 0 spiro atoms. The van der Waals surface area contributed by atoms with Crippen molar-refractivity contribution in [3.05, 3.63) is 11.3 Å². The Hall–Kier alpha value is -0.990. The Morgan fingerprint density at radius 1 is 1.43 bits per heavy atom. The standard InChI is InChI=1S/C11H19NO2/c1-6(2)12-8(4)10-7(3)9(5)14-11(10)13/h6-7,9,12H,1-5H3/b10-8+. The van der Waals surface area contributed by atoms with E-state index in [0.29, 0.717) is 6.04 Å². The second-order valence-corrected chi connectivity index (χ2v) is 4.24. The summed E-state index contributed by atoms with van der Waals surface area (Å²) in [5.74, 6) is 0.0180. The average molecular weight is 197 g/mol. The molecule has 0 aromatic carbocycles. The van der Waals surface area contributed by atoms with Crippen molar-refractivity contribution in [2.45, 2.75) is 46.8 Å². The van der Waals surface area contributed by atoms with Gasteiger partial charge in [0.25, 0.3) is 0 Å². The van der Waals surface area contributed by atoms with Crippen LogP contribution < -0.4 is 5.32 Å². The molecule has 1 aliphatic heterocycles. The molecule has 0 aromatic rings. The van der Waals surface area contributed by atoms with Crippen molar-refractivity contribution in [2.24, 2.45) is 5.92 Å². The lowest BCUT2D eigenvalue weighted by Crippen LogP contribution is -2.24. The minimum Gasteiger partial charge on any atom is -0.459 e. The molecule has 14 heavy (non-hydrogen) atoms. The normalized spacial score (nSPS) is 30.6. The predicted molar refractivity (Wildman–Crippen MR) is 55.7 cm³/mol. The fourth-order valence-electron chi connectivity index (χ4n) is 1.76. The molecule has 0 bridgehead atoms. The van der Waals surface area contributed by atoms with E-state index in [2.05, 4.69) is 19.2 Å². The number of allylic oxidation sites excluding steroid dienone is 1. The second-order valence-electron chi connectivity index (χ2n) is 4.24. The molecule has 0 aromatic heterocycles. The van der Waals surface area contributed by atoms with Crippen molar-refractivity contribution in [3.8, 4) is 0 Å². The van der Waals surface area contributed by atoms with Gasteiger partial charge < -0.3 is 10.1 Å². The molecule has 0 aliphatic carbocycles. The first kappa shape index (κ1) is 11.1. The second kappa shape index (κ2) is 4.03. The van der Waals surface area contributed by atoms with E-state index in [0.717, 1.165) is 11.3 Å². The van der Waals surface area contributed by atoms with Gasteiger partial charge in [-0.25, -0.2) is 4.79 Å². The third-order valence-electron chi connectivity index (χ3n) is 2.58. The molecule has 0 radical (unpaired) electrons. The van der Waals surface area contributed by atoms with Crippen LogP contribution in [0.1, 0.15) is 34.6 Å². The average Bonchev–Trinajstić information content (AvgIpc) is 2.25. The number of ether oxygens (including phenoxy) is 1. The van der Waals surface area contributed by atoms with Gasteiger partial charge in [0.1, 0.15) is 6.10 Å². The summed E-state index contributed by atoms with van der Waals surface area (Å²) in [7, 11) is 0. The maximum Gasteiger partial charge on any atom is 0.336 e. The molecule has 80 valence electrons. The van der Waals surface area contributed by atoms with Crippen LogP contribution in [-0.2, 0) is 9.53 Å². The van der Waals surface area contributed by atoms with Crippen LogP contribution in [-0.4, -0.2) is 18.1 Å². The maximum absolute atomic E-state index is 11.5. The van der Waals surface area contributed by atoms with Crippen molar-refractivity contribution in [2.75, 3.05) is 0 Å². The Labute approximate surface area is 85.5 Å². The zero-order valence-corrected chi connectivity index (χ0v) is 9.55. The molecule has 0 saturated carbocycles. The fourth-order valence-corrected chi connectivity index (χ4v) is 1.76. The summed E-state index contributed by atoms with van der Waals surface area (Å²) in [6, 6.07) is 0.346. The number of hydrogen-bond acceptors (Lipinski definition) is 3. The monoisotopic (exact) mass is 197 g/mol. The van der Waals surface area contributed by atoms with Gasteiger partial charge in [-0.05, 0) is 27.7 Å². The first-order valence-corrected chi connectivity index (χ1v) is 5.11. The van der Waals surface area contributed by atoms with Crippen LogP contribution in [0.2, 0.25) is 0 Å². The zero-order chi connectivity index (χ0) is 10.9. The molecular weight excluding hydrogens is 178 g/mol. The van der Waals surface area contributed by atoms with Gasteiger partial charge in [0, 0.05) is 17.7 Å². The molecule has 1 N–H and O–H groups in total. The molecule has 3 heteroatoms. The Morgan fingerprint density at radius 3 is 2.36 bits per heavy atom. The lowest BCUT2D eigenvalue weighted by molar-refractivity contribution is -0.138. The number of carbonyl (C=O) groups is 1. The van der Waals surface area contributed by atoms with Crippen LogP contribution in [0.4, 0.5) is 0 Å². The first-order valence-electron chi connectivity index (χ1n) is 5.11. The van der Waals surface area contributed by atoms with Gasteiger partial charge in [-0.3, -0.25) is 0 Å². The number of hydrogen-bond donors (Lipinski definition) is 1. The van der Waals surface area contributed by atoms with Gasteiger partial charge >= 0.3 is 5.97 Å². The molecule has 0 amide bonds. The Balaban J connectivity index is 2.89. The molecular formula is C11H19NO2. The van der Waals surface area contributed by atoms with E-state index in [1.807, 2.05) is 20.8 Å². The number of rotatable bonds is 2. The largest absolute Gasteiger partial charge is 0.459 e. The highest BCUT2D eigenvalue weighted by Gasteiger charge is 2.35. The van der Waals surface area contributed by atoms with Crippen molar-refractivity contribution in [3.63, 3.8) is 0 Å². The van der Waals surface area contributed by atoms with Crippen LogP contribution in [0.25, 0.3) is 0 Å². The van der Waals surface area contributed by atoms with Crippen molar-refractivity contribution < 1.29 is 9.53 Å². The number of cyclic esters (lactones) is 1. The topological polar surface area (TPSA) is 38.3 Å². The third-order valence-corrected chi connectivity index (χ3v) is 2.58. The van der Waals surface area contributed by atoms with Gasteiger partial charge in [-0.15, -0.1) is 0 Å². The van der Waals surface area contributed by atoms with Crippen molar-refractivity contribution >= 4 is 5.97 Å². The summed E-state index contributed by atoms with van der Waals surface area (Å²) in [6.45, 7) is 10.00. The fraction of sp³-hybridized carbons (Fsp3) is 0.727. The van der Waals surface area contributed by atoms with Crippen molar-refractivity contribution in [1.82, 2.24) is 5.32 Å². The van der Waals surface area contributed by atoms with Gasteiger partial charge in [0.05, 0.1) is 5.57 Å². The van der Waals surface area contributed by atoms with E-state index >= 15 is 0 Å². The lowest BCUT2D eigenvalue weighted by Gasteiger charge is -2.14. The summed E-state index contributed by atoms with van der Waals surface area (Å²) in [5.41, 5.74) is 1.74. The summed E-state index contributed by atoms with van der Waals surface area (Å²) in [4.78, 5) is 11.5. The van der Waals surface area contributed by atoms with Gasteiger partial charge in [-0.2, -0.15) is 0 Å².